The van der Waals surface area contributed by atoms with Gasteiger partial charge in [0.15, 0.2) is 6.29 Å². The van der Waals surface area contributed by atoms with Gasteiger partial charge in [0, 0.05) is 13.0 Å². The number of unbranched alkanes of at least 4 members (excludes halogenated alkanes) is 1. The molecule has 0 aliphatic carbocycles. The van der Waals surface area contributed by atoms with Gasteiger partial charge in [-0.25, -0.2) is 0 Å². The van der Waals surface area contributed by atoms with Crippen LogP contribution in [0.25, 0.3) is 0 Å². The zero-order valence-corrected chi connectivity index (χ0v) is 12.1. The van der Waals surface area contributed by atoms with E-state index in [0.29, 0.717) is 19.3 Å². The summed E-state index contributed by atoms with van der Waals surface area (Å²) < 4.78 is 10.5. The van der Waals surface area contributed by atoms with E-state index in [1.807, 2.05) is 0 Å². The first-order valence-electron chi connectivity index (χ1n) is 7.09. The van der Waals surface area contributed by atoms with E-state index in [1.54, 1.807) is 6.92 Å². The maximum Gasteiger partial charge on any atom is 0.186 e. The van der Waals surface area contributed by atoms with Crippen molar-refractivity contribution in [1.29, 1.82) is 0 Å². The van der Waals surface area contributed by atoms with Gasteiger partial charge >= 0.3 is 0 Å². The highest BCUT2D eigenvalue weighted by Gasteiger charge is 2.43. The maximum absolute atomic E-state index is 11.3. The van der Waals surface area contributed by atoms with Crippen LogP contribution in [0.15, 0.2) is 0 Å². The van der Waals surface area contributed by atoms with Crippen molar-refractivity contribution < 1.29 is 34.7 Å². The van der Waals surface area contributed by atoms with Crippen LogP contribution in [0.3, 0.4) is 0 Å². The highest BCUT2D eigenvalue weighted by Crippen LogP contribution is 2.22. The molecule has 6 atom stereocenters. The number of carbonyl (C=O) groups excluding carboxylic acids is 1. The fourth-order valence-electron chi connectivity index (χ4n) is 2.03. The van der Waals surface area contributed by atoms with Crippen molar-refractivity contribution in [2.75, 3.05) is 13.2 Å². The Morgan fingerprint density at radius 1 is 1.24 bits per heavy atom. The molecule has 1 aliphatic heterocycles. The predicted octanol–water partition coefficient (Wildman–Crippen LogP) is -2.11. The molecule has 8 heteroatoms. The Hall–Kier alpha value is -0.610. The van der Waals surface area contributed by atoms with Crippen molar-refractivity contribution in [1.82, 2.24) is 0 Å². The van der Waals surface area contributed by atoms with Crippen LogP contribution < -0.4 is 5.73 Å². The fourth-order valence-corrected chi connectivity index (χ4v) is 2.03. The summed E-state index contributed by atoms with van der Waals surface area (Å²) in [5.74, 6) is -0.0251. The first-order valence-corrected chi connectivity index (χ1v) is 7.09. The van der Waals surface area contributed by atoms with Crippen LogP contribution in [-0.2, 0) is 14.3 Å². The summed E-state index contributed by atoms with van der Waals surface area (Å²) in [4.78, 5) is 11.3. The van der Waals surface area contributed by atoms with E-state index in [2.05, 4.69) is 0 Å². The highest BCUT2D eigenvalue weighted by atomic mass is 16.7. The Morgan fingerprint density at radius 2 is 1.90 bits per heavy atom. The van der Waals surface area contributed by atoms with E-state index in [-0.39, 0.29) is 12.4 Å². The van der Waals surface area contributed by atoms with E-state index in [0.717, 1.165) is 0 Å². The van der Waals surface area contributed by atoms with E-state index in [9.17, 15) is 20.1 Å². The van der Waals surface area contributed by atoms with Crippen LogP contribution in [0, 0.1) is 0 Å². The second-order valence-corrected chi connectivity index (χ2v) is 5.28. The Kier molecular flexibility index (Phi) is 7.67. The number of ketones is 1. The van der Waals surface area contributed by atoms with Crippen molar-refractivity contribution in [3.8, 4) is 0 Å². The summed E-state index contributed by atoms with van der Waals surface area (Å²) in [6.07, 6.45) is -4.82. The lowest BCUT2D eigenvalue weighted by Gasteiger charge is -2.39. The number of ether oxygens (including phenoxy) is 2. The van der Waals surface area contributed by atoms with Gasteiger partial charge < -0.3 is 35.6 Å². The van der Waals surface area contributed by atoms with Crippen LogP contribution in [0.5, 0.6) is 0 Å². The standard InChI is InChI=1S/C13H25NO7/c1-7(14)8(16)4-2-3-5-20-13-12(19)11(18)10(17)9(6-15)21-13/h7,9-13,15,17-19H,2-6,14H2,1H3. The molecule has 124 valence electrons. The number of Topliss-reactive ketones (excluding diaryl/α,β-unsaturated/α-hetero) is 1. The summed E-state index contributed by atoms with van der Waals surface area (Å²) in [5, 5.41) is 37.9. The van der Waals surface area contributed by atoms with Crippen LogP contribution in [0.1, 0.15) is 26.2 Å². The molecule has 0 spiro atoms. The summed E-state index contributed by atoms with van der Waals surface area (Å²) >= 11 is 0. The molecule has 1 aliphatic rings. The minimum Gasteiger partial charge on any atom is -0.394 e. The van der Waals surface area contributed by atoms with Gasteiger partial charge in [0.25, 0.3) is 0 Å². The average Bonchev–Trinajstić information content (AvgIpc) is 2.46. The quantitative estimate of drug-likeness (QED) is 0.321. The molecule has 6 N–H and O–H groups in total. The minimum absolute atomic E-state index is 0.0251. The molecule has 1 rings (SSSR count). The number of hydrogen-bond acceptors (Lipinski definition) is 8. The van der Waals surface area contributed by atoms with Crippen LogP contribution in [0.2, 0.25) is 0 Å². The Bertz CT molecular complexity index is 324. The van der Waals surface area contributed by atoms with Gasteiger partial charge in [0.05, 0.1) is 12.6 Å². The molecule has 0 amide bonds. The lowest BCUT2D eigenvalue weighted by atomic mass is 9.99. The Morgan fingerprint density at radius 3 is 2.48 bits per heavy atom. The molecule has 0 saturated carbocycles. The Balaban J connectivity index is 2.29. The molecule has 21 heavy (non-hydrogen) atoms. The molecule has 0 bridgehead atoms. The van der Waals surface area contributed by atoms with Crippen LogP contribution in [-0.4, -0.2) is 76.2 Å². The molecular formula is C13H25NO7. The second-order valence-electron chi connectivity index (χ2n) is 5.28. The average molecular weight is 307 g/mol. The lowest BCUT2D eigenvalue weighted by Crippen LogP contribution is -2.59. The third-order valence-electron chi connectivity index (χ3n) is 3.46. The third kappa shape index (κ3) is 5.26. The summed E-state index contributed by atoms with van der Waals surface area (Å²) in [7, 11) is 0. The van der Waals surface area contributed by atoms with Gasteiger partial charge in [-0.3, -0.25) is 4.79 Å². The number of hydrogen-bond donors (Lipinski definition) is 5. The van der Waals surface area contributed by atoms with Gasteiger partial charge in [-0.2, -0.15) is 0 Å². The number of aliphatic hydroxyl groups is 4. The molecule has 0 aromatic heterocycles. The molecule has 1 saturated heterocycles. The van der Waals surface area contributed by atoms with Crippen LogP contribution in [0.4, 0.5) is 0 Å². The second kappa shape index (κ2) is 8.74. The lowest BCUT2D eigenvalue weighted by molar-refractivity contribution is -0.301. The topological polar surface area (TPSA) is 142 Å². The number of aliphatic hydroxyl groups excluding tert-OH is 4. The van der Waals surface area contributed by atoms with Crippen molar-refractivity contribution in [2.45, 2.75) is 62.9 Å². The van der Waals surface area contributed by atoms with Gasteiger partial charge in [0.1, 0.15) is 30.2 Å². The summed E-state index contributed by atoms with van der Waals surface area (Å²) in [6, 6.07) is -0.476. The number of carbonyl (C=O) groups is 1. The molecule has 0 radical (unpaired) electrons. The van der Waals surface area contributed by atoms with E-state index in [4.69, 9.17) is 20.3 Å². The van der Waals surface area contributed by atoms with Crippen molar-refractivity contribution in [2.24, 2.45) is 5.73 Å². The molecule has 6 unspecified atom stereocenters. The van der Waals surface area contributed by atoms with Crippen molar-refractivity contribution in [3.63, 3.8) is 0 Å². The van der Waals surface area contributed by atoms with Crippen LogP contribution >= 0.6 is 0 Å². The SMILES string of the molecule is CC(N)C(=O)CCCCOC1OC(CO)C(O)C(O)C1O. The normalized spacial score (nSPS) is 34.7. The highest BCUT2D eigenvalue weighted by molar-refractivity contribution is 5.83. The predicted molar refractivity (Wildman–Crippen MR) is 72.2 cm³/mol. The minimum atomic E-state index is -1.44. The molecule has 1 fully saturated rings. The zero-order valence-electron chi connectivity index (χ0n) is 12.1. The first kappa shape index (κ1) is 18.4. The van der Waals surface area contributed by atoms with Crippen molar-refractivity contribution >= 4 is 5.78 Å². The summed E-state index contributed by atoms with van der Waals surface area (Å²) in [5.41, 5.74) is 5.44. The number of rotatable bonds is 8. The largest absolute Gasteiger partial charge is 0.394 e. The summed E-state index contributed by atoms with van der Waals surface area (Å²) in [6.45, 7) is 1.36. The van der Waals surface area contributed by atoms with Gasteiger partial charge in [-0.1, -0.05) is 0 Å². The van der Waals surface area contributed by atoms with E-state index < -0.39 is 43.4 Å². The smallest absolute Gasteiger partial charge is 0.186 e. The molecule has 8 nitrogen and oxygen atoms in total. The van der Waals surface area contributed by atoms with Crippen molar-refractivity contribution in [3.05, 3.63) is 0 Å². The van der Waals surface area contributed by atoms with Gasteiger partial charge in [-0.15, -0.1) is 0 Å². The third-order valence-corrected chi connectivity index (χ3v) is 3.46. The first-order chi connectivity index (χ1) is 9.88. The molecule has 0 aromatic carbocycles. The molecule has 0 aromatic rings. The van der Waals surface area contributed by atoms with Gasteiger partial charge in [0.2, 0.25) is 0 Å². The molecular weight excluding hydrogens is 282 g/mol. The van der Waals surface area contributed by atoms with Gasteiger partial charge in [-0.05, 0) is 19.8 Å². The number of nitrogens with two attached hydrogens (primary N) is 1. The zero-order chi connectivity index (χ0) is 16.0. The molecule has 1 heterocycles. The monoisotopic (exact) mass is 307 g/mol. The maximum atomic E-state index is 11.3. The fraction of sp³-hybridized carbons (Fsp3) is 0.923. The van der Waals surface area contributed by atoms with E-state index in [1.165, 1.54) is 0 Å². The van der Waals surface area contributed by atoms with E-state index >= 15 is 0 Å². The Labute approximate surface area is 123 Å².